The molecule has 2 aromatic heterocycles. The monoisotopic (exact) mass is 389 g/mol. The molecule has 0 saturated carbocycles. The van der Waals surface area contributed by atoms with Crippen molar-refractivity contribution < 1.29 is 14.0 Å². The zero-order valence-corrected chi connectivity index (χ0v) is 16.5. The summed E-state index contributed by atoms with van der Waals surface area (Å²) in [5.41, 5.74) is 4.90. The molecule has 1 aromatic carbocycles. The van der Waals surface area contributed by atoms with Gasteiger partial charge in [-0.1, -0.05) is 6.07 Å². The summed E-state index contributed by atoms with van der Waals surface area (Å²) < 4.78 is 5.39. The van der Waals surface area contributed by atoms with E-state index in [-0.39, 0.29) is 24.2 Å². The van der Waals surface area contributed by atoms with Gasteiger partial charge in [0.1, 0.15) is 5.76 Å². The lowest BCUT2D eigenvalue weighted by atomic mass is 10.1. The van der Waals surface area contributed by atoms with Crippen LogP contribution in [0.2, 0.25) is 0 Å². The first kappa shape index (κ1) is 18.9. The van der Waals surface area contributed by atoms with Crippen LogP contribution in [0.1, 0.15) is 23.1 Å². The third-order valence-electron chi connectivity index (χ3n) is 5.37. The average Bonchev–Trinajstić information content (AvgIpc) is 3.39. The van der Waals surface area contributed by atoms with Crippen LogP contribution in [0.25, 0.3) is 11.3 Å². The van der Waals surface area contributed by atoms with E-state index in [0.717, 1.165) is 28.1 Å². The highest BCUT2D eigenvalue weighted by atomic mass is 16.3. The van der Waals surface area contributed by atoms with E-state index in [1.165, 1.54) is 5.56 Å². The fourth-order valence-electron chi connectivity index (χ4n) is 3.52. The summed E-state index contributed by atoms with van der Waals surface area (Å²) in [5.74, 6) is 0.240. The van der Waals surface area contributed by atoms with Crippen molar-refractivity contribution in [3.63, 3.8) is 0 Å². The van der Waals surface area contributed by atoms with E-state index in [4.69, 9.17) is 4.42 Å². The van der Waals surface area contributed by atoms with E-state index < -0.39 is 0 Å². The highest BCUT2D eigenvalue weighted by Crippen LogP contribution is 2.27. The van der Waals surface area contributed by atoms with E-state index in [0.29, 0.717) is 13.1 Å². The van der Waals surface area contributed by atoms with Crippen molar-refractivity contribution in [2.75, 3.05) is 11.4 Å². The number of nitrogens with one attached hydrogen (secondary N) is 1. The normalized spacial score (nSPS) is 16.3. The Kier molecular flexibility index (Phi) is 5.16. The van der Waals surface area contributed by atoms with Crippen LogP contribution in [0.15, 0.2) is 59.5 Å². The number of aromatic nitrogens is 1. The van der Waals surface area contributed by atoms with Gasteiger partial charge in [-0.05, 0) is 60.9 Å². The molecule has 148 valence electrons. The minimum absolute atomic E-state index is 0.0186. The molecule has 1 atom stereocenters. The Bertz CT molecular complexity index is 1040. The molecule has 1 aliphatic rings. The standard InChI is InChI=1S/C23H23N3O3/c1-15-5-6-20(8-16(15)2)26-14-19(10-22(26)27)23(28)25-12-17-9-18(13-24-11-17)21-4-3-7-29-21/h3-9,11,13,19H,10,12,14H2,1-2H3,(H,25,28)/t19-/m1/s1. The Morgan fingerprint density at radius 2 is 2.07 bits per heavy atom. The van der Waals surface area contributed by atoms with Crippen LogP contribution < -0.4 is 10.2 Å². The van der Waals surface area contributed by atoms with Crippen LogP contribution >= 0.6 is 0 Å². The highest BCUT2D eigenvalue weighted by Gasteiger charge is 2.35. The largest absolute Gasteiger partial charge is 0.464 e. The van der Waals surface area contributed by atoms with E-state index in [1.807, 2.05) is 50.2 Å². The topological polar surface area (TPSA) is 75.4 Å². The van der Waals surface area contributed by atoms with Gasteiger partial charge in [-0.3, -0.25) is 14.6 Å². The molecule has 1 N–H and O–H groups in total. The number of aryl methyl sites for hydroxylation is 2. The number of hydrogen-bond acceptors (Lipinski definition) is 4. The van der Waals surface area contributed by atoms with Crippen molar-refractivity contribution >= 4 is 17.5 Å². The van der Waals surface area contributed by atoms with Crippen LogP contribution in [0.3, 0.4) is 0 Å². The second-order valence-corrected chi connectivity index (χ2v) is 7.45. The molecule has 4 rings (SSSR count). The summed E-state index contributed by atoms with van der Waals surface area (Å²) in [5, 5.41) is 2.94. The fourth-order valence-corrected chi connectivity index (χ4v) is 3.52. The van der Waals surface area contributed by atoms with Crippen LogP contribution in [0.5, 0.6) is 0 Å². The first-order chi connectivity index (χ1) is 14.0. The maximum atomic E-state index is 12.6. The predicted molar refractivity (Wildman–Crippen MR) is 110 cm³/mol. The molecule has 3 aromatic rings. The van der Waals surface area contributed by atoms with Gasteiger partial charge in [0, 0.05) is 43.2 Å². The van der Waals surface area contributed by atoms with Gasteiger partial charge in [0.2, 0.25) is 11.8 Å². The van der Waals surface area contributed by atoms with Gasteiger partial charge in [-0.2, -0.15) is 0 Å². The van der Waals surface area contributed by atoms with Crippen LogP contribution in [-0.4, -0.2) is 23.3 Å². The molecule has 2 amide bonds. The number of carbonyl (C=O) groups excluding carboxylic acids is 2. The average molecular weight is 389 g/mol. The summed E-state index contributed by atoms with van der Waals surface area (Å²) in [7, 11) is 0. The highest BCUT2D eigenvalue weighted by molar-refractivity contribution is 6.00. The summed E-state index contributed by atoms with van der Waals surface area (Å²) in [6, 6.07) is 11.6. The van der Waals surface area contributed by atoms with E-state index in [9.17, 15) is 9.59 Å². The van der Waals surface area contributed by atoms with Crippen LogP contribution in [-0.2, 0) is 16.1 Å². The molecular formula is C23H23N3O3. The number of carbonyl (C=O) groups is 2. The number of anilines is 1. The van der Waals surface area contributed by atoms with Crippen LogP contribution in [0, 0.1) is 19.8 Å². The zero-order valence-electron chi connectivity index (χ0n) is 16.5. The van der Waals surface area contributed by atoms with Gasteiger partial charge in [-0.25, -0.2) is 0 Å². The summed E-state index contributed by atoms with van der Waals surface area (Å²) in [6.45, 7) is 4.82. The van der Waals surface area contributed by atoms with Crippen molar-refractivity contribution in [2.24, 2.45) is 5.92 Å². The number of rotatable bonds is 5. The van der Waals surface area contributed by atoms with Gasteiger partial charge in [-0.15, -0.1) is 0 Å². The fraction of sp³-hybridized carbons (Fsp3) is 0.261. The molecule has 0 bridgehead atoms. The van der Waals surface area contributed by atoms with Crippen molar-refractivity contribution in [1.29, 1.82) is 0 Å². The number of pyridine rings is 1. The van der Waals surface area contributed by atoms with Gasteiger partial charge in [0.05, 0.1) is 12.2 Å². The molecule has 1 saturated heterocycles. The van der Waals surface area contributed by atoms with E-state index >= 15 is 0 Å². The molecule has 0 aliphatic carbocycles. The third kappa shape index (κ3) is 4.06. The molecule has 0 unspecified atom stereocenters. The Morgan fingerprint density at radius 1 is 1.21 bits per heavy atom. The zero-order chi connectivity index (χ0) is 20.4. The van der Waals surface area contributed by atoms with Crippen molar-refractivity contribution in [3.05, 3.63) is 71.7 Å². The lowest BCUT2D eigenvalue weighted by Gasteiger charge is -2.18. The maximum Gasteiger partial charge on any atom is 0.227 e. The Morgan fingerprint density at radius 3 is 2.83 bits per heavy atom. The predicted octanol–water partition coefficient (Wildman–Crippen LogP) is 3.63. The van der Waals surface area contributed by atoms with Crippen molar-refractivity contribution in [1.82, 2.24) is 10.3 Å². The third-order valence-corrected chi connectivity index (χ3v) is 5.37. The van der Waals surface area contributed by atoms with Crippen molar-refractivity contribution in [2.45, 2.75) is 26.8 Å². The SMILES string of the molecule is Cc1ccc(N2C[C@H](C(=O)NCc3cncc(-c4ccco4)c3)CC2=O)cc1C. The number of amides is 2. The molecule has 0 spiro atoms. The summed E-state index contributed by atoms with van der Waals surface area (Å²) in [4.78, 5) is 31.0. The number of benzene rings is 1. The molecule has 3 heterocycles. The molecule has 1 aliphatic heterocycles. The second-order valence-electron chi connectivity index (χ2n) is 7.45. The van der Waals surface area contributed by atoms with Crippen LogP contribution in [0.4, 0.5) is 5.69 Å². The molecule has 6 nitrogen and oxygen atoms in total. The molecule has 29 heavy (non-hydrogen) atoms. The molecule has 1 fully saturated rings. The second kappa shape index (κ2) is 7.91. The molecular weight excluding hydrogens is 366 g/mol. The van der Waals surface area contributed by atoms with E-state index in [2.05, 4.69) is 10.3 Å². The summed E-state index contributed by atoms with van der Waals surface area (Å²) >= 11 is 0. The Balaban J connectivity index is 1.39. The van der Waals surface area contributed by atoms with Gasteiger partial charge >= 0.3 is 0 Å². The molecule has 0 radical (unpaired) electrons. The Hall–Kier alpha value is -3.41. The van der Waals surface area contributed by atoms with E-state index in [1.54, 1.807) is 23.6 Å². The van der Waals surface area contributed by atoms with Crippen molar-refractivity contribution in [3.8, 4) is 11.3 Å². The lowest BCUT2D eigenvalue weighted by molar-refractivity contribution is -0.126. The minimum Gasteiger partial charge on any atom is -0.464 e. The first-order valence-electron chi connectivity index (χ1n) is 9.64. The maximum absolute atomic E-state index is 12.6. The number of hydrogen-bond donors (Lipinski definition) is 1. The smallest absolute Gasteiger partial charge is 0.227 e. The quantitative estimate of drug-likeness (QED) is 0.723. The summed E-state index contributed by atoms with van der Waals surface area (Å²) in [6.07, 6.45) is 5.28. The van der Waals surface area contributed by atoms with Gasteiger partial charge in [0.15, 0.2) is 0 Å². The van der Waals surface area contributed by atoms with Gasteiger partial charge in [0.25, 0.3) is 0 Å². The lowest BCUT2D eigenvalue weighted by Crippen LogP contribution is -2.32. The van der Waals surface area contributed by atoms with Gasteiger partial charge < -0.3 is 14.6 Å². The minimum atomic E-state index is -0.356. The molecule has 6 heteroatoms. The number of nitrogens with zero attached hydrogens (tertiary/aromatic N) is 2. The Labute approximate surface area is 169 Å². The first-order valence-corrected chi connectivity index (χ1v) is 9.64. The number of furan rings is 1.